The predicted molar refractivity (Wildman–Crippen MR) is 76.8 cm³/mol. The average molecular weight is 283 g/mol. The molecule has 2 aliphatic rings. The van der Waals surface area contributed by atoms with Gasteiger partial charge in [0, 0.05) is 32.5 Å². The van der Waals surface area contributed by atoms with Crippen molar-refractivity contribution < 1.29 is 13.9 Å². The fraction of sp³-hybridized carbons (Fsp3) is 0.353. The molecule has 2 aliphatic heterocycles. The molecule has 21 heavy (non-hydrogen) atoms. The van der Waals surface area contributed by atoms with Gasteiger partial charge in [-0.05, 0) is 11.6 Å². The first-order valence-corrected chi connectivity index (χ1v) is 7.34. The molecule has 0 radical (unpaired) electrons. The van der Waals surface area contributed by atoms with Gasteiger partial charge in [-0.25, -0.2) is 4.79 Å². The first kappa shape index (κ1) is 12.7. The second-order valence-corrected chi connectivity index (χ2v) is 5.81. The first-order chi connectivity index (χ1) is 10.3. The molecular formula is C17H17NO3. The van der Waals surface area contributed by atoms with Crippen molar-refractivity contribution in [1.29, 1.82) is 0 Å². The van der Waals surface area contributed by atoms with Gasteiger partial charge in [0.2, 0.25) is 0 Å². The lowest BCUT2D eigenvalue weighted by Gasteiger charge is -2.37. The highest BCUT2D eigenvalue weighted by atomic mass is 16.6. The van der Waals surface area contributed by atoms with E-state index in [0.717, 1.165) is 38.2 Å². The lowest BCUT2D eigenvalue weighted by Crippen LogP contribution is -2.42. The van der Waals surface area contributed by atoms with Crippen LogP contribution in [-0.4, -0.2) is 24.0 Å². The van der Waals surface area contributed by atoms with E-state index in [1.165, 1.54) is 5.56 Å². The third kappa shape index (κ3) is 2.07. The molecule has 108 valence electrons. The van der Waals surface area contributed by atoms with Gasteiger partial charge < -0.3 is 9.15 Å². The largest absolute Gasteiger partial charge is 0.464 e. The molecule has 4 nitrogen and oxygen atoms in total. The molecule has 0 amide bonds. The number of furan rings is 1. The number of piperidine rings is 1. The van der Waals surface area contributed by atoms with Crippen molar-refractivity contribution in [1.82, 2.24) is 4.90 Å². The van der Waals surface area contributed by atoms with Crippen LogP contribution < -0.4 is 0 Å². The number of nitrogens with zero attached hydrogens (tertiary/aromatic N) is 1. The summed E-state index contributed by atoms with van der Waals surface area (Å²) in [6, 6.07) is 12.2. The summed E-state index contributed by atoms with van der Waals surface area (Å²) in [5.74, 6) is 0.488. The Morgan fingerprint density at radius 2 is 1.86 bits per heavy atom. The second-order valence-electron chi connectivity index (χ2n) is 5.81. The van der Waals surface area contributed by atoms with Crippen LogP contribution in [0.1, 0.15) is 34.5 Å². The number of likely N-dealkylation sites (tertiary alicyclic amines) is 1. The van der Waals surface area contributed by atoms with Gasteiger partial charge in [0.25, 0.3) is 0 Å². The van der Waals surface area contributed by atoms with E-state index in [9.17, 15) is 4.79 Å². The molecule has 1 aromatic carbocycles. The van der Waals surface area contributed by atoms with Crippen LogP contribution in [0.4, 0.5) is 0 Å². The smallest absolute Gasteiger partial charge is 0.342 e. The van der Waals surface area contributed by atoms with E-state index < -0.39 is 5.60 Å². The van der Waals surface area contributed by atoms with Crippen LogP contribution in [0.5, 0.6) is 0 Å². The normalized spacial score (nSPS) is 20.5. The van der Waals surface area contributed by atoms with E-state index in [1.54, 1.807) is 12.3 Å². The van der Waals surface area contributed by atoms with Gasteiger partial charge in [-0.1, -0.05) is 30.3 Å². The summed E-state index contributed by atoms with van der Waals surface area (Å²) < 4.78 is 11.2. The molecule has 0 unspecified atom stereocenters. The minimum Gasteiger partial charge on any atom is -0.464 e. The molecule has 0 atom stereocenters. The predicted octanol–water partition coefficient (Wildman–Crippen LogP) is 2.94. The monoisotopic (exact) mass is 283 g/mol. The Labute approximate surface area is 123 Å². The number of carbonyl (C=O) groups excluding carboxylic acids is 1. The average Bonchev–Trinajstić information content (AvgIpc) is 3.08. The molecule has 4 heteroatoms. The Hall–Kier alpha value is -2.07. The van der Waals surface area contributed by atoms with Crippen molar-refractivity contribution in [2.75, 3.05) is 13.1 Å². The van der Waals surface area contributed by atoms with Gasteiger partial charge in [-0.2, -0.15) is 0 Å². The fourth-order valence-corrected chi connectivity index (χ4v) is 3.34. The first-order valence-electron chi connectivity index (χ1n) is 7.34. The van der Waals surface area contributed by atoms with E-state index in [1.807, 2.05) is 6.07 Å². The second kappa shape index (κ2) is 4.74. The number of esters is 1. The Morgan fingerprint density at radius 1 is 1.10 bits per heavy atom. The zero-order chi connectivity index (χ0) is 14.3. The van der Waals surface area contributed by atoms with Crippen molar-refractivity contribution in [2.45, 2.75) is 25.0 Å². The number of hydrogen-bond acceptors (Lipinski definition) is 4. The van der Waals surface area contributed by atoms with Crippen LogP contribution in [0.2, 0.25) is 0 Å². The molecule has 2 aromatic rings. The highest BCUT2D eigenvalue weighted by Gasteiger charge is 2.50. The molecule has 0 bridgehead atoms. The highest BCUT2D eigenvalue weighted by Crippen LogP contribution is 2.44. The van der Waals surface area contributed by atoms with Crippen LogP contribution in [-0.2, 0) is 16.9 Å². The molecule has 1 fully saturated rings. The number of ether oxygens (including phenoxy) is 1. The Balaban J connectivity index is 1.47. The van der Waals surface area contributed by atoms with Crippen molar-refractivity contribution in [3.63, 3.8) is 0 Å². The summed E-state index contributed by atoms with van der Waals surface area (Å²) in [6.07, 6.45) is 3.18. The third-order valence-electron chi connectivity index (χ3n) is 4.50. The van der Waals surface area contributed by atoms with Gasteiger partial charge in [0.05, 0.1) is 6.26 Å². The molecule has 0 saturated carbocycles. The zero-order valence-corrected chi connectivity index (χ0v) is 11.7. The maximum Gasteiger partial charge on any atom is 0.342 e. The summed E-state index contributed by atoms with van der Waals surface area (Å²) in [7, 11) is 0. The molecule has 0 N–H and O–H groups in total. The number of fused-ring (bicyclic) bond motifs is 2. The summed E-state index contributed by atoms with van der Waals surface area (Å²) >= 11 is 0. The topological polar surface area (TPSA) is 42.7 Å². The number of rotatable bonds is 2. The summed E-state index contributed by atoms with van der Waals surface area (Å²) in [5, 5.41) is 0. The molecule has 3 heterocycles. The Kier molecular flexibility index (Phi) is 2.86. The Bertz CT molecular complexity index is 654. The van der Waals surface area contributed by atoms with Crippen molar-refractivity contribution in [2.24, 2.45) is 0 Å². The summed E-state index contributed by atoms with van der Waals surface area (Å²) in [5.41, 5.74) is 1.39. The van der Waals surface area contributed by atoms with Crippen molar-refractivity contribution >= 4 is 5.97 Å². The quantitative estimate of drug-likeness (QED) is 0.795. The van der Waals surface area contributed by atoms with Crippen molar-refractivity contribution in [3.8, 4) is 0 Å². The molecular weight excluding hydrogens is 266 g/mol. The third-order valence-corrected chi connectivity index (χ3v) is 4.50. The highest BCUT2D eigenvalue weighted by molar-refractivity contribution is 5.93. The van der Waals surface area contributed by atoms with Gasteiger partial charge in [0.1, 0.15) is 5.56 Å². The van der Waals surface area contributed by atoms with Crippen LogP contribution in [0.25, 0.3) is 0 Å². The standard InChI is InChI=1S/C17H17NO3/c19-16-14-6-11-20-15(14)17(21-16)7-9-18(10-8-17)12-13-4-2-1-3-5-13/h1-6,11H,7-10,12H2. The minimum absolute atomic E-state index is 0.241. The zero-order valence-electron chi connectivity index (χ0n) is 11.7. The van der Waals surface area contributed by atoms with Crippen LogP contribution in [0, 0.1) is 0 Å². The van der Waals surface area contributed by atoms with Crippen LogP contribution in [0.3, 0.4) is 0 Å². The van der Waals surface area contributed by atoms with Gasteiger partial charge in [-0.15, -0.1) is 0 Å². The van der Waals surface area contributed by atoms with Crippen LogP contribution in [0.15, 0.2) is 47.1 Å². The Morgan fingerprint density at radius 3 is 2.62 bits per heavy atom. The van der Waals surface area contributed by atoms with Crippen molar-refractivity contribution in [3.05, 3.63) is 59.5 Å². The fourth-order valence-electron chi connectivity index (χ4n) is 3.34. The SMILES string of the molecule is O=C1OC2(CCN(Cc3ccccc3)CC2)c2occc21. The van der Waals surface area contributed by atoms with E-state index in [-0.39, 0.29) is 5.97 Å². The van der Waals surface area contributed by atoms with E-state index in [0.29, 0.717) is 5.56 Å². The van der Waals surface area contributed by atoms with Gasteiger partial charge >= 0.3 is 5.97 Å². The summed E-state index contributed by atoms with van der Waals surface area (Å²) in [4.78, 5) is 14.3. The maximum absolute atomic E-state index is 11.9. The maximum atomic E-state index is 11.9. The van der Waals surface area contributed by atoms with E-state index in [2.05, 4.69) is 29.2 Å². The molecule has 1 spiro atoms. The number of hydrogen-bond donors (Lipinski definition) is 0. The molecule has 4 rings (SSSR count). The number of benzene rings is 1. The minimum atomic E-state index is -0.525. The summed E-state index contributed by atoms with van der Waals surface area (Å²) in [6.45, 7) is 2.75. The van der Waals surface area contributed by atoms with Gasteiger partial charge in [-0.3, -0.25) is 4.90 Å². The number of carbonyl (C=O) groups is 1. The van der Waals surface area contributed by atoms with E-state index >= 15 is 0 Å². The van der Waals surface area contributed by atoms with E-state index in [4.69, 9.17) is 9.15 Å². The van der Waals surface area contributed by atoms with Gasteiger partial charge in [0.15, 0.2) is 11.4 Å². The molecule has 1 saturated heterocycles. The van der Waals surface area contributed by atoms with Crippen LogP contribution >= 0.6 is 0 Å². The lowest BCUT2D eigenvalue weighted by molar-refractivity contribution is -0.0542. The lowest BCUT2D eigenvalue weighted by atomic mass is 9.88. The molecule has 0 aliphatic carbocycles. The molecule has 1 aromatic heterocycles.